The standard InChI is InChI=1S/C18H22ClN3O4/c1-11-4-6-18(7-5-11,16(24)25)21-15(23)12-2-3-13(19)14(10-12)22-9-8-20-17(22)26/h2-3,10-11H,4-9H2,1H3,(H,20,26)(H,21,23)(H,24,25). The molecule has 1 heterocycles. The van der Waals surface area contributed by atoms with Crippen LogP contribution in [-0.2, 0) is 4.79 Å². The minimum Gasteiger partial charge on any atom is -0.480 e. The molecule has 0 bridgehead atoms. The Morgan fingerprint density at radius 2 is 2.04 bits per heavy atom. The largest absolute Gasteiger partial charge is 0.480 e. The van der Waals surface area contributed by atoms with E-state index < -0.39 is 17.4 Å². The van der Waals surface area contributed by atoms with Crippen LogP contribution >= 0.6 is 11.6 Å². The zero-order valence-corrected chi connectivity index (χ0v) is 15.3. The number of hydrogen-bond acceptors (Lipinski definition) is 3. The minimum absolute atomic E-state index is 0.271. The van der Waals surface area contributed by atoms with Gasteiger partial charge in [-0.1, -0.05) is 18.5 Å². The van der Waals surface area contributed by atoms with Crippen LogP contribution in [0.1, 0.15) is 43.0 Å². The van der Waals surface area contributed by atoms with Crippen LogP contribution in [0.15, 0.2) is 18.2 Å². The van der Waals surface area contributed by atoms with Crippen molar-refractivity contribution in [3.63, 3.8) is 0 Å². The zero-order chi connectivity index (χ0) is 18.9. The number of halogens is 1. The summed E-state index contributed by atoms with van der Waals surface area (Å²) in [5.74, 6) is -1.03. The first-order valence-electron chi connectivity index (χ1n) is 8.73. The molecule has 2 aliphatic rings. The third kappa shape index (κ3) is 3.49. The molecule has 3 rings (SSSR count). The van der Waals surface area contributed by atoms with Crippen molar-refractivity contribution in [3.05, 3.63) is 28.8 Å². The van der Waals surface area contributed by atoms with Crippen LogP contribution in [0.5, 0.6) is 0 Å². The van der Waals surface area contributed by atoms with Gasteiger partial charge in [0, 0.05) is 18.7 Å². The molecular weight excluding hydrogens is 358 g/mol. The molecule has 3 N–H and O–H groups in total. The molecule has 8 heteroatoms. The Kier molecular flexibility index (Phi) is 5.09. The van der Waals surface area contributed by atoms with Gasteiger partial charge in [0.05, 0.1) is 10.7 Å². The Labute approximate surface area is 156 Å². The van der Waals surface area contributed by atoms with E-state index in [4.69, 9.17) is 11.6 Å². The number of aliphatic carboxylic acids is 1. The molecule has 3 amide bonds. The van der Waals surface area contributed by atoms with Gasteiger partial charge in [-0.3, -0.25) is 9.69 Å². The molecule has 1 saturated heterocycles. The van der Waals surface area contributed by atoms with E-state index in [1.807, 2.05) is 0 Å². The van der Waals surface area contributed by atoms with Crippen molar-refractivity contribution in [2.75, 3.05) is 18.0 Å². The number of urea groups is 1. The fourth-order valence-electron chi connectivity index (χ4n) is 3.50. The van der Waals surface area contributed by atoms with Crippen molar-refractivity contribution in [1.82, 2.24) is 10.6 Å². The average Bonchev–Trinajstić information content (AvgIpc) is 3.03. The molecule has 1 aliphatic carbocycles. The highest BCUT2D eigenvalue weighted by Crippen LogP contribution is 2.33. The summed E-state index contributed by atoms with van der Waals surface area (Å²) in [6.07, 6.45) is 2.33. The number of hydrogen-bond donors (Lipinski definition) is 3. The highest BCUT2D eigenvalue weighted by molar-refractivity contribution is 6.34. The second-order valence-electron chi connectivity index (χ2n) is 7.07. The molecule has 1 saturated carbocycles. The molecule has 0 atom stereocenters. The van der Waals surface area contributed by atoms with Crippen LogP contribution in [-0.4, -0.2) is 41.6 Å². The maximum Gasteiger partial charge on any atom is 0.329 e. The minimum atomic E-state index is -1.24. The maximum absolute atomic E-state index is 12.7. The van der Waals surface area contributed by atoms with E-state index in [-0.39, 0.29) is 11.6 Å². The Morgan fingerprint density at radius 3 is 2.62 bits per heavy atom. The summed E-state index contributed by atoms with van der Waals surface area (Å²) in [6, 6.07) is 4.35. The number of benzene rings is 1. The Balaban J connectivity index is 1.83. The van der Waals surface area contributed by atoms with Gasteiger partial charge in [0.2, 0.25) is 0 Å². The summed E-state index contributed by atoms with van der Waals surface area (Å²) in [5, 5.41) is 15.4. The van der Waals surface area contributed by atoms with Gasteiger partial charge >= 0.3 is 12.0 Å². The van der Waals surface area contributed by atoms with Crippen molar-refractivity contribution < 1.29 is 19.5 Å². The second-order valence-corrected chi connectivity index (χ2v) is 7.48. The van der Waals surface area contributed by atoms with Crippen LogP contribution in [0, 0.1) is 5.92 Å². The first kappa shape index (κ1) is 18.5. The van der Waals surface area contributed by atoms with E-state index in [1.54, 1.807) is 6.07 Å². The lowest BCUT2D eigenvalue weighted by molar-refractivity contribution is -0.146. The molecule has 140 valence electrons. The highest BCUT2D eigenvalue weighted by Gasteiger charge is 2.42. The molecule has 2 fully saturated rings. The second kappa shape index (κ2) is 7.15. The lowest BCUT2D eigenvalue weighted by Crippen LogP contribution is -2.56. The molecule has 0 spiro atoms. The number of carboxylic acids is 1. The fourth-order valence-corrected chi connectivity index (χ4v) is 3.72. The third-order valence-corrected chi connectivity index (χ3v) is 5.57. The van der Waals surface area contributed by atoms with E-state index in [0.717, 1.165) is 12.8 Å². The molecule has 7 nitrogen and oxygen atoms in total. The van der Waals surface area contributed by atoms with Gasteiger partial charge in [0.1, 0.15) is 5.54 Å². The van der Waals surface area contributed by atoms with E-state index in [9.17, 15) is 19.5 Å². The topological polar surface area (TPSA) is 98.7 Å². The third-order valence-electron chi connectivity index (χ3n) is 5.25. The molecule has 0 unspecified atom stereocenters. The quantitative estimate of drug-likeness (QED) is 0.748. The first-order chi connectivity index (χ1) is 12.3. The van der Waals surface area contributed by atoms with Gasteiger partial charge in [-0.05, 0) is 49.8 Å². The van der Waals surface area contributed by atoms with E-state index in [2.05, 4.69) is 17.6 Å². The molecule has 0 radical (unpaired) electrons. The number of anilines is 1. The van der Waals surface area contributed by atoms with E-state index in [1.165, 1.54) is 17.0 Å². The molecule has 0 aromatic heterocycles. The smallest absolute Gasteiger partial charge is 0.329 e. The lowest BCUT2D eigenvalue weighted by Gasteiger charge is -2.36. The molecule has 1 aliphatic heterocycles. The summed E-state index contributed by atoms with van der Waals surface area (Å²) in [5.41, 5.74) is -0.520. The number of carboxylic acid groups (broad SMARTS) is 1. The molecule has 26 heavy (non-hydrogen) atoms. The predicted molar refractivity (Wildman–Crippen MR) is 97.7 cm³/mol. The van der Waals surface area contributed by atoms with Crippen molar-refractivity contribution in [2.45, 2.75) is 38.1 Å². The predicted octanol–water partition coefficient (Wildman–Crippen LogP) is 2.63. The summed E-state index contributed by atoms with van der Waals surface area (Å²) in [6.45, 7) is 3.05. The molecule has 1 aromatic rings. The van der Waals surface area contributed by atoms with Gasteiger partial charge in [0.25, 0.3) is 5.91 Å². The number of nitrogens with one attached hydrogen (secondary N) is 2. The highest BCUT2D eigenvalue weighted by atomic mass is 35.5. The fraction of sp³-hybridized carbons (Fsp3) is 0.500. The van der Waals surface area contributed by atoms with Crippen LogP contribution < -0.4 is 15.5 Å². The number of carbonyl (C=O) groups excluding carboxylic acids is 2. The van der Waals surface area contributed by atoms with Crippen molar-refractivity contribution in [1.29, 1.82) is 0 Å². The van der Waals surface area contributed by atoms with Crippen molar-refractivity contribution in [3.8, 4) is 0 Å². The van der Waals surface area contributed by atoms with Crippen LogP contribution in [0.3, 0.4) is 0 Å². The number of carbonyl (C=O) groups is 3. The van der Waals surface area contributed by atoms with Gasteiger partial charge < -0.3 is 15.7 Å². The summed E-state index contributed by atoms with van der Waals surface area (Å²) >= 11 is 6.18. The van der Waals surface area contributed by atoms with Crippen molar-refractivity contribution in [2.24, 2.45) is 5.92 Å². The monoisotopic (exact) mass is 379 g/mol. The van der Waals surface area contributed by atoms with Crippen LogP contribution in [0.25, 0.3) is 0 Å². The van der Waals surface area contributed by atoms with Gasteiger partial charge in [0.15, 0.2) is 0 Å². The van der Waals surface area contributed by atoms with Crippen molar-refractivity contribution >= 4 is 35.2 Å². The number of nitrogens with zero attached hydrogens (tertiary/aromatic N) is 1. The van der Waals surface area contributed by atoms with Gasteiger partial charge in [-0.2, -0.15) is 0 Å². The summed E-state index contributed by atoms with van der Waals surface area (Å²) in [4.78, 5) is 37.9. The first-order valence-corrected chi connectivity index (χ1v) is 9.11. The molecular formula is C18H22ClN3O4. The van der Waals surface area contributed by atoms with Crippen LogP contribution in [0.2, 0.25) is 5.02 Å². The van der Waals surface area contributed by atoms with Crippen LogP contribution in [0.4, 0.5) is 10.5 Å². The summed E-state index contributed by atoms with van der Waals surface area (Å²) < 4.78 is 0. The SMILES string of the molecule is CC1CCC(NC(=O)c2ccc(Cl)c(N3CCNC3=O)c2)(C(=O)O)CC1. The number of rotatable bonds is 4. The normalized spacial score (nSPS) is 25.7. The Bertz CT molecular complexity index is 744. The Hall–Kier alpha value is -2.28. The maximum atomic E-state index is 12.7. The lowest BCUT2D eigenvalue weighted by atomic mass is 9.77. The molecule has 1 aromatic carbocycles. The average molecular weight is 380 g/mol. The zero-order valence-electron chi connectivity index (χ0n) is 14.5. The van der Waals surface area contributed by atoms with Gasteiger partial charge in [-0.25, -0.2) is 9.59 Å². The Morgan fingerprint density at radius 1 is 1.35 bits per heavy atom. The van der Waals surface area contributed by atoms with E-state index in [0.29, 0.717) is 42.6 Å². The van der Waals surface area contributed by atoms with Gasteiger partial charge in [-0.15, -0.1) is 0 Å². The number of amides is 3. The summed E-state index contributed by atoms with van der Waals surface area (Å²) in [7, 11) is 0. The van der Waals surface area contributed by atoms with E-state index >= 15 is 0 Å².